The molecule has 1 aromatic heterocycles. The van der Waals surface area contributed by atoms with Crippen LogP contribution < -0.4 is 10.2 Å². The zero-order valence-electron chi connectivity index (χ0n) is 14.9. The standard InChI is InChI=1S/C18H18ClF3N4O2/c1-25-14(10-26(17(25)28)12-5-3-7-23-9-12)16(27)24-8-11-4-2-6-13(15(11)19)18(20,21)22/h2-5,7,9,13-14H,6,8,10H2,1H3,(H,24,27). The molecule has 1 saturated heterocycles. The summed E-state index contributed by atoms with van der Waals surface area (Å²) < 4.78 is 39.0. The van der Waals surface area contributed by atoms with E-state index in [1.54, 1.807) is 18.3 Å². The zero-order chi connectivity index (χ0) is 20.5. The van der Waals surface area contributed by atoms with E-state index in [0.717, 1.165) is 0 Å². The third-order valence-corrected chi connectivity index (χ3v) is 5.27. The number of likely N-dealkylation sites (N-methyl/N-ethyl adjacent to an activating group) is 1. The maximum atomic E-state index is 13.0. The molecule has 0 bridgehead atoms. The first-order valence-corrected chi connectivity index (χ1v) is 8.91. The maximum absolute atomic E-state index is 13.0. The fraction of sp³-hybridized carbons (Fsp3) is 0.389. The van der Waals surface area contributed by atoms with Crippen LogP contribution in [0.4, 0.5) is 23.7 Å². The number of nitrogens with zero attached hydrogens (tertiary/aromatic N) is 3. The Kier molecular flexibility index (Phi) is 5.64. The molecule has 3 rings (SSSR count). The topological polar surface area (TPSA) is 65.5 Å². The summed E-state index contributed by atoms with van der Waals surface area (Å²) in [5, 5.41) is 2.27. The molecule has 1 fully saturated rings. The van der Waals surface area contributed by atoms with Crippen molar-refractivity contribution < 1.29 is 22.8 Å². The molecule has 1 aliphatic heterocycles. The smallest absolute Gasteiger partial charge is 0.350 e. The minimum Gasteiger partial charge on any atom is -0.350 e. The molecule has 0 aromatic carbocycles. The Morgan fingerprint density at radius 2 is 2.18 bits per heavy atom. The molecule has 0 radical (unpaired) electrons. The monoisotopic (exact) mass is 414 g/mol. The lowest BCUT2D eigenvalue weighted by atomic mass is 9.95. The summed E-state index contributed by atoms with van der Waals surface area (Å²) in [5.74, 6) is -2.23. The van der Waals surface area contributed by atoms with Gasteiger partial charge in [-0.25, -0.2) is 4.79 Å². The van der Waals surface area contributed by atoms with Crippen LogP contribution in [-0.2, 0) is 4.79 Å². The lowest BCUT2D eigenvalue weighted by Gasteiger charge is -2.24. The lowest BCUT2D eigenvalue weighted by Crippen LogP contribution is -2.44. The first-order valence-electron chi connectivity index (χ1n) is 8.54. The Morgan fingerprint density at radius 1 is 1.43 bits per heavy atom. The third-order valence-electron chi connectivity index (χ3n) is 4.77. The molecule has 2 atom stereocenters. The number of amides is 3. The molecule has 0 saturated carbocycles. The van der Waals surface area contributed by atoms with E-state index in [2.05, 4.69) is 10.3 Å². The van der Waals surface area contributed by atoms with Crippen LogP contribution in [0.5, 0.6) is 0 Å². The summed E-state index contributed by atoms with van der Waals surface area (Å²) in [4.78, 5) is 31.6. The first kappa shape index (κ1) is 20.2. The Labute approximate surface area is 164 Å². The van der Waals surface area contributed by atoms with Gasteiger partial charge < -0.3 is 10.2 Å². The Morgan fingerprint density at radius 3 is 2.82 bits per heavy atom. The molecule has 1 N–H and O–H groups in total. The van der Waals surface area contributed by atoms with Crippen LogP contribution in [0.1, 0.15) is 6.42 Å². The van der Waals surface area contributed by atoms with Crippen LogP contribution in [0.15, 0.2) is 47.3 Å². The van der Waals surface area contributed by atoms with Gasteiger partial charge in [0.15, 0.2) is 0 Å². The van der Waals surface area contributed by atoms with Crippen molar-refractivity contribution in [2.75, 3.05) is 25.0 Å². The minimum absolute atomic E-state index is 0.112. The van der Waals surface area contributed by atoms with Gasteiger partial charge in [-0.1, -0.05) is 23.8 Å². The molecule has 150 valence electrons. The van der Waals surface area contributed by atoms with E-state index in [-0.39, 0.29) is 36.1 Å². The summed E-state index contributed by atoms with van der Waals surface area (Å²) >= 11 is 5.91. The fourth-order valence-corrected chi connectivity index (χ4v) is 3.50. The molecule has 1 aliphatic carbocycles. The largest absolute Gasteiger partial charge is 0.396 e. The minimum atomic E-state index is -4.45. The van der Waals surface area contributed by atoms with E-state index in [1.807, 2.05) is 0 Å². The van der Waals surface area contributed by atoms with Crippen LogP contribution in [0.3, 0.4) is 0 Å². The second kappa shape index (κ2) is 7.83. The molecule has 2 heterocycles. The van der Waals surface area contributed by atoms with Crippen molar-refractivity contribution in [2.45, 2.75) is 18.6 Å². The number of alkyl halides is 3. The summed E-state index contributed by atoms with van der Waals surface area (Å²) in [6.07, 6.45) is 1.29. The van der Waals surface area contributed by atoms with Crippen molar-refractivity contribution in [2.24, 2.45) is 5.92 Å². The van der Waals surface area contributed by atoms with Crippen LogP contribution in [0, 0.1) is 5.92 Å². The molecule has 2 unspecified atom stereocenters. The van der Waals surface area contributed by atoms with E-state index in [0.29, 0.717) is 5.69 Å². The quantitative estimate of drug-likeness (QED) is 0.823. The van der Waals surface area contributed by atoms with Gasteiger partial charge in [0.05, 0.1) is 24.3 Å². The molecule has 10 heteroatoms. The van der Waals surface area contributed by atoms with Crippen LogP contribution in [0.25, 0.3) is 0 Å². The molecule has 28 heavy (non-hydrogen) atoms. The number of halogens is 4. The molecule has 2 aliphatic rings. The second-order valence-corrected chi connectivity index (χ2v) is 6.96. The number of anilines is 1. The zero-order valence-corrected chi connectivity index (χ0v) is 15.7. The predicted octanol–water partition coefficient (Wildman–Crippen LogP) is 3.07. The summed E-state index contributed by atoms with van der Waals surface area (Å²) in [6, 6.07) is 2.24. The average molecular weight is 415 g/mol. The first-order chi connectivity index (χ1) is 13.2. The normalized spacial score (nSPS) is 22.8. The van der Waals surface area contributed by atoms with Gasteiger partial charge in [-0.3, -0.25) is 14.7 Å². The number of allylic oxidation sites excluding steroid dienone is 2. The predicted molar refractivity (Wildman–Crippen MR) is 97.7 cm³/mol. The van der Waals surface area contributed by atoms with Gasteiger partial charge in [0.1, 0.15) is 6.04 Å². The lowest BCUT2D eigenvalue weighted by molar-refractivity contribution is -0.161. The number of aromatic nitrogens is 1. The van der Waals surface area contributed by atoms with Gasteiger partial charge in [-0.05, 0) is 24.1 Å². The second-order valence-electron chi connectivity index (χ2n) is 6.55. The molecular formula is C18H18ClF3N4O2. The maximum Gasteiger partial charge on any atom is 0.396 e. The van der Waals surface area contributed by atoms with Crippen LogP contribution in [-0.4, -0.2) is 54.2 Å². The van der Waals surface area contributed by atoms with E-state index in [1.165, 1.54) is 35.2 Å². The van der Waals surface area contributed by atoms with Gasteiger partial charge in [-0.15, -0.1) is 0 Å². The van der Waals surface area contributed by atoms with Crippen molar-refractivity contribution >= 4 is 29.2 Å². The number of hydrogen-bond donors (Lipinski definition) is 1. The molecular weight excluding hydrogens is 397 g/mol. The Balaban J connectivity index is 1.67. The van der Waals surface area contributed by atoms with Crippen molar-refractivity contribution in [3.05, 3.63) is 47.3 Å². The van der Waals surface area contributed by atoms with Gasteiger partial charge in [-0.2, -0.15) is 13.2 Å². The van der Waals surface area contributed by atoms with Crippen LogP contribution >= 0.6 is 11.6 Å². The highest BCUT2D eigenvalue weighted by Crippen LogP contribution is 2.40. The van der Waals surface area contributed by atoms with Gasteiger partial charge in [0.2, 0.25) is 5.91 Å². The number of pyridine rings is 1. The number of urea groups is 1. The summed E-state index contributed by atoms with van der Waals surface area (Å²) in [6.45, 7) is -0.0349. The molecule has 6 nitrogen and oxygen atoms in total. The SMILES string of the molecule is CN1C(=O)N(c2cccnc2)CC1C(=O)NCC1=C(Cl)C(C(F)(F)F)CC=C1. The van der Waals surface area contributed by atoms with Crippen molar-refractivity contribution in [3.63, 3.8) is 0 Å². The van der Waals surface area contributed by atoms with Crippen molar-refractivity contribution in [1.29, 1.82) is 0 Å². The molecule has 0 spiro atoms. The van der Waals surface area contributed by atoms with Gasteiger partial charge >= 0.3 is 12.2 Å². The molecule has 3 amide bonds. The highest BCUT2D eigenvalue weighted by atomic mass is 35.5. The van der Waals surface area contributed by atoms with E-state index >= 15 is 0 Å². The van der Waals surface area contributed by atoms with Gasteiger partial charge in [0, 0.05) is 24.8 Å². The van der Waals surface area contributed by atoms with Crippen LogP contribution in [0.2, 0.25) is 0 Å². The number of hydrogen-bond acceptors (Lipinski definition) is 3. The van der Waals surface area contributed by atoms with Gasteiger partial charge in [0.25, 0.3) is 0 Å². The Bertz CT molecular complexity index is 826. The Hall–Kier alpha value is -2.55. The number of rotatable bonds is 4. The highest BCUT2D eigenvalue weighted by molar-refractivity contribution is 6.30. The van der Waals surface area contributed by atoms with E-state index in [4.69, 9.17) is 11.6 Å². The third kappa shape index (κ3) is 3.99. The van der Waals surface area contributed by atoms with E-state index < -0.39 is 24.0 Å². The fourth-order valence-electron chi connectivity index (χ4n) is 3.16. The number of carbonyl (C=O) groups is 2. The van der Waals surface area contributed by atoms with Crippen molar-refractivity contribution in [1.82, 2.24) is 15.2 Å². The highest BCUT2D eigenvalue weighted by Gasteiger charge is 2.43. The number of nitrogens with one attached hydrogen (secondary N) is 1. The van der Waals surface area contributed by atoms with E-state index in [9.17, 15) is 22.8 Å². The summed E-state index contributed by atoms with van der Waals surface area (Å²) in [7, 11) is 1.50. The number of carbonyl (C=O) groups excluding carboxylic acids is 2. The summed E-state index contributed by atoms with van der Waals surface area (Å²) in [5.41, 5.74) is 0.767. The average Bonchev–Trinajstić information content (AvgIpc) is 2.96. The molecule has 1 aromatic rings. The van der Waals surface area contributed by atoms with Crippen molar-refractivity contribution in [3.8, 4) is 0 Å².